The van der Waals surface area contributed by atoms with E-state index in [9.17, 15) is 9.59 Å². The molecule has 1 N–H and O–H groups in total. The number of benzene rings is 1. The monoisotopic (exact) mass is 453 g/mol. The Morgan fingerprint density at radius 2 is 1.97 bits per heavy atom. The maximum Gasteiger partial charge on any atom is 0.266 e. The molecule has 0 aliphatic carbocycles. The number of carbonyl (C=O) groups is 2. The molecule has 9 heteroatoms. The second kappa shape index (κ2) is 11.1. The number of thiocarbonyl (C=S) groups is 1. The van der Waals surface area contributed by atoms with Crippen LogP contribution in [0.1, 0.15) is 18.4 Å². The van der Waals surface area contributed by atoms with E-state index in [2.05, 4.69) is 10.2 Å². The number of halogens is 1. The van der Waals surface area contributed by atoms with Gasteiger partial charge in [-0.3, -0.25) is 19.4 Å². The van der Waals surface area contributed by atoms with Crippen LogP contribution >= 0.6 is 35.6 Å². The van der Waals surface area contributed by atoms with Gasteiger partial charge in [-0.1, -0.05) is 47.7 Å². The summed E-state index contributed by atoms with van der Waals surface area (Å²) in [5, 5.41) is 3.56. The molecule has 2 amide bonds. The Bertz CT molecular complexity index is 780. The first-order valence-electron chi connectivity index (χ1n) is 9.60. The van der Waals surface area contributed by atoms with Crippen LogP contribution in [-0.2, 0) is 14.3 Å². The first-order chi connectivity index (χ1) is 14.0. The van der Waals surface area contributed by atoms with Crippen LogP contribution in [0, 0.1) is 0 Å². The Labute approximate surface area is 185 Å². The molecule has 6 nitrogen and oxygen atoms in total. The summed E-state index contributed by atoms with van der Waals surface area (Å²) >= 11 is 12.5. The van der Waals surface area contributed by atoms with Gasteiger partial charge in [0.2, 0.25) is 5.91 Å². The summed E-state index contributed by atoms with van der Waals surface area (Å²) in [4.78, 5) is 29.1. The van der Waals surface area contributed by atoms with E-state index in [0.717, 1.165) is 44.8 Å². The Balaban J connectivity index is 1.40. The van der Waals surface area contributed by atoms with Gasteiger partial charge in [-0.25, -0.2) is 0 Å². The second-order valence-electron chi connectivity index (χ2n) is 6.79. The summed E-state index contributed by atoms with van der Waals surface area (Å²) in [7, 11) is 0. The highest BCUT2D eigenvalue weighted by molar-refractivity contribution is 8.26. The molecule has 1 aromatic carbocycles. The standard InChI is InChI=1S/C20H24ClN3O3S2/c21-16-4-2-15(3-5-16)14-17-19(26)24(20(28)29-17)9-6-18(25)22-7-1-8-23-10-12-27-13-11-23/h2-5,14H,1,6-13H2,(H,22,25)/b17-14-. The van der Waals surface area contributed by atoms with Gasteiger partial charge in [0.25, 0.3) is 5.91 Å². The minimum atomic E-state index is -0.157. The van der Waals surface area contributed by atoms with Crippen LogP contribution in [0.5, 0.6) is 0 Å². The summed E-state index contributed by atoms with van der Waals surface area (Å²) < 4.78 is 5.80. The second-order valence-corrected chi connectivity index (χ2v) is 8.90. The van der Waals surface area contributed by atoms with Crippen molar-refractivity contribution < 1.29 is 14.3 Å². The normalized spacial score (nSPS) is 19.2. The number of thioether (sulfide) groups is 1. The van der Waals surface area contributed by atoms with Crippen LogP contribution < -0.4 is 5.32 Å². The van der Waals surface area contributed by atoms with Gasteiger partial charge in [0.1, 0.15) is 4.32 Å². The van der Waals surface area contributed by atoms with Crippen LogP contribution in [0.2, 0.25) is 5.02 Å². The van der Waals surface area contributed by atoms with E-state index in [0.29, 0.717) is 20.8 Å². The molecule has 2 aliphatic heterocycles. The zero-order valence-electron chi connectivity index (χ0n) is 16.1. The fraction of sp³-hybridized carbons (Fsp3) is 0.450. The lowest BCUT2D eigenvalue weighted by molar-refractivity contribution is -0.123. The maximum absolute atomic E-state index is 12.6. The van der Waals surface area contributed by atoms with E-state index in [1.807, 2.05) is 12.1 Å². The number of rotatable bonds is 8. The SMILES string of the molecule is O=C(CCN1C(=O)/C(=C/c2ccc(Cl)cc2)SC1=S)NCCCN1CCOCC1. The molecular weight excluding hydrogens is 430 g/mol. The van der Waals surface area contributed by atoms with Crippen molar-refractivity contribution in [1.82, 2.24) is 15.1 Å². The zero-order chi connectivity index (χ0) is 20.6. The molecule has 0 bridgehead atoms. The third kappa shape index (κ3) is 6.79. The predicted octanol–water partition coefficient (Wildman–Crippen LogP) is 2.77. The van der Waals surface area contributed by atoms with Gasteiger partial charge in [-0.15, -0.1) is 0 Å². The molecule has 0 aromatic heterocycles. The first-order valence-corrected chi connectivity index (χ1v) is 11.2. The lowest BCUT2D eigenvalue weighted by atomic mass is 10.2. The van der Waals surface area contributed by atoms with E-state index in [1.54, 1.807) is 18.2 Å². The quantitative estimate of drug-likeness (QED) is 0.371. The van der Waals surface area contributed by atoms with Gasteiger partial charge in [0, 0.05) is 37.6 Å². The molecule has 29 heavy (non-hydrogen) atoms. The van der Waals surface area contributed by atoms with Gasteiger partial charge < -0.3 is 10.1 Å². The van der Waals surface area contributed by atoms with Crippen LogP contribution in [0.3, 0.4) is 0 Å². The number of hydrogen-bond acceptors (Lipinski definition) is 6. The van der Waals surface area contributed by atoms with Crippen LogP contribution in [0.4, 0.5) is 0 Å². The van der Waals surface area contributed by atoms with Crippen LogP contribution in [-0.4, -0.2) is 71.9 Å². The number of morpholine rings is 1. The minimum absolute atomic E-state index is 0.0669. The van der Waals surface area contributed by atoms with Crippen molar-refractivity contribution in [1.29, 1.82) is 0 Å². The van der Waals surface area contributed by atoms with Crippen molar-refractivity contribution in [2.45, 2.75) is 12.8 Å². The van der Waals surface area contributed by atoms with Crippen molar-refractivity contribution in [2.75, 3.05) is 45.9 Å². The van der Waals surface area contributed by atoms with Gasteiger partial charge in [-0.05, 0) is 36.7 Å². The summed E-state index contributed by atoms with van der Waals surface area (Å²) in [6, 6.07) is 7.24. The summed E-state index contributed by atoms with van der Waals surface area (Å²) in [5.41, 5.74) is 0.882. The van der Waals surface area contributed by atoms with E-state index in [1.165, 1.54) is 16.7 Å². The lowest BCUT2D eigenvalue weighted by Gasteiger charge is -2.26. The molecule has 2 heterocycles. The van der Waals surface area contributed by atoms with Crippen molar-refractivity contribution in [3.63, 3.8) is 0 Å². The van der Waals surface area contributed by atoms with E-state index in [-0.39, 0.29) is 24.8 Å². The molecule has 2 saturated heterocycles. The highest BCUT2D eigenvalue weighted by Crippen LogP contribution is 2.32. The average Bonchev–Trinajstić information content (AvgIpc) is 2.99. The van der Waals surface area contributed by atoms with Crippen molar-refractivity contribution >= 4 is 57.8 Å². The summed E-state index contributed by atoms with van der Waals surface area (Å²) in [6.45, 7) is 5.33. The number of ether oxygens (including phenoxy) is 1. The molecule has 0 saturated carbocycles. The number of nitrogens with zero attached hydrogens (tertiary/aromatic N) is 2. The highest BCUT2D eigenvalue weighted by atomic mass is 35.5. The molecule has 156 valence electrons. The Morgan fingerprint density at radius 3 is 2.69 bits per heavy atom. The van der Waals surface area contributed by atoms with Crippen molar-refractivity contribution in [2.24, 2.45) is 0 Å². The molecule has 2 fully saturated rings. The predicted molar refractivity (Wildman–Crippen MR) is 121 cm³/mol. The van der Waals surface area contributed by atoms with Crippen LogP contribution in [0.15, 0.2) is 29.2 Å². The topological polar surface area (TPSA) is 61.9 Å². The van der Waals surface area contributed by atoms with Crippen molar-refractivity contribution in [3.05, 3.63) is 39.8 Å². The highest BCUT2D eigenvalue weighted by Gasteiger charge is 2.32. The molecule has 0 unspecified atom stereocenters. The van der Waals surface area contributed by atoms with E-state index in [4.69, 9.17) is 28.6 Å². The zero-order valence-corrected chi connectivity index (χ0v) is 18.5. The fourth-order valence-corrected chi connectivity index (χ4v) is 4.49. The molecule has 1 aromatic rings. The number of amides is 2. The fourth-order valence-electron chi connectivity index (χ4n) is 3.06. The molecule has 3 rings (SSSR count). The van der Waals surface area contributed by atoms with Gasteiger partial charge in [0.05, 0.1) is 18.1 Å². The van der Waals surface area contributed by atoms with Gasteiger partial charge >= 0.3 is 0 Å². The number of nitrogens with one attached hydrogen (secondary N) is 1. The molecular formula is C20H24ClN3O3S2. The smallest absolute Gasteiger partial charge is 0.266 e. The molecule has 2 aliphatic rings. The van der Waals surface area contributed by atoms with Gasteiger partial charge in [-0.2, -0.15) is 0 Å². The lowest BCUT2D eigenvalue weighted by Crippen LogP contribution is -2.38. The number of hydrogen-bond donors (Lipinski definition) is 1. The van der Waals surface area contributed by atoms with Crippen molar-refractivity contribution in [3.8, 4) is 0 Å². The molecule has 0 atom stereocenters. The van der Waals surface area contributed by atoms with Crippen LogP contribution in [0.25, 0.3) is 6.08 Å². The third-order valence-electron chi connectivity index (χ3n) is 4.68. The summed E-state index contributed by atoms with van der Waals surface area (Å²) in [6.07, 6.45) is 2.93. The Morgan fingerprint density at radius 1 is 1.24 bits per heavy atom. The van der Waals surface area contributed by atoms with Gasteiger partial charge in [0.15, 0.2) is 0 Å². The molecule has 0 spiro atoms. The Hall–Kier alpha value is -1.45. The van der Waals surface area contributed by atoms with E-state index >= 15 is 0 Å². The maximum atomic E-state index is 12.6. The van der Waals surface area contributed by atoms with E-state index < -0.39 is 0 Å². The summed E-state index contributed by atoms with van der Waals surface area (Å²) in [5.74, 6) is -0.224. The third-order valence-corrected chi connectivity index (χ3v) is 6.31. The minimum Gasteiger partial charge on any atom is -0.379 e. The average molecular weight is 454 g/mol. The number of carbonyl (C=O) groups excluding carboxylic acids is 2. The largest absolute Gasteiger partial charge is 0.379 e. The molecule has 0 radical (unpaired) electrons. The Kier molecular flexibility index (Phi) is 8.50. The first kappa shape index (κ1) is 22.2.